The number of halogens is 1. The Balaban J connectivity index is 2.33. The Bertz CT molecular complexity index is 674. The molecular weight excluding hydrogens is 267 g/mol. The van der Waals surface area contributed by atoms with Gasteiger partial charge in [0.15, 0.2) is 0 Å². The zero-order valence-corrected chi connectivity index (χ0v) is 12.0. The quantitative estimate of drug-likeness (QED) is 0.881. The summed E-state index contributed by atoms with van der Waals surface area (Å²) in [4.78, 5) is 0. The van der Waals surface area contributed by atoms with E-state index >= 15 is 0 Å². The van der Waals surface area contributed by atoms with Crippen LogP contribution >= 0.6 is 0 Å². The molecule has 0 spiro atoms. The number of phenolic OH excluding ortho intramolecular Hbond substituents is 1. The molecule has 0 aromatic heterocycles. The highest BCUT2D eigenvalue weighted by atomic mass is 19.1. The second-order valence-electron chi connectivity index (χ2n) is 4.94. The average Bonchev–Trinajstić information content (AvgIpc) is 2.49. The van der Waals surface area contributed by atoms with Crippen LogP contribution in [0.25, 0.3) is 0 Å². The fourth-order valence-electron chi connectivity index (χ4n) is 2.21. The van der Waals surface area contributed by atoms with Crippen molar-refractivity contribution in [2.75, 3.05) is 5.32 Å². The molecule has 0 amide bonds. The molecule has 21 heavy (non-hydrogen) atoms. The third kappa shape index (κ3) is 3.32. The van der Waals surface area contributed by atoms with Crippen molar-refractivity contribution in [1.29, 1.82) is 5.26 Å². The molecule has 2 rings (SSSR count). The summed E-state index contributed by atoms with van der Waals surface area (Å²) in [6, 6.07) is 11.7. The molecule has 0 bridgehead atoms. The fraction of sp³-hybridized carbons (Fsp3) is 0.235. The van der Waals surface area contributed by atoms with Crippen LogP contribution in [0.3, 0.4) is 0 Å². The van der Waals surface area contributed by atoms with Gasteiger partial charge in [-0.3, -0.25) is 0 Å². The molecule has 3 nitrogen and oxygen atoms in total. The predicted molar refractivity (Wildman–Crippen MR) is 80.6 cm³/mol. The standard InChI is InChI=1S/C17H17FN2O/c1-3-16(13-4-6-14(21)7-5-13)20-17-9-12(10-19)8-15(18)11(17)2/h4-9,16,20-21H,3H2,1-2H3. The van der Waals surface area contributed by atoms with Gasteiger partial charge in [0.2, 0.25) is 0 Å². The Kier molecular flexibility index (Phi) is 4.44. The highest BCUT2D eigenvalue weighted by Gasteiger charge is 2.13. The van der Waals surface area contributed by atoms with E-state index in [-0.39, 0.29) is 11.8 Å². The lowest BCUT2D eigenvalue weighted by molar-refractivity contribution is 0.475. The number of nitriles is 1. The van der Waals surface area contributed by atoms with Gasteiger partial charge in [0.05, 0.1) is 17.7 Å². The zero-order valence-electron chi connectivity index (χ0n) is 12.0. The molecule has 0 fully saturated rings. The van der Waals surface area contributed by atoms with Crippen LogP contribution in [0.1, 0.15) is 36.1 Å². The molecule has 0 saturated carbocycles. The van der Waals surface area contributed by atoms with Crippen LogP contribution in [0.15, 0.2) is 36.4 Å². The lowest BCUT2D eigenvalue weighted by Gasteiger charge is -2.20. The predicted octanol–water partition coefficient (Wildman–Crippen LogP) is 4.27. The topological polar surface area (TPSA) is 56.0 Å². The zero-order chi connectivity index (χ0) is 15.4. The highest BCUT2D eigenvalue weighted by Crippen LogP contribution is 2.28. The number of nitrogens with zero attached hydrogens (tertiary/aromatic N) is 1. The number of benzene rings is 2. The number of hydrogen-bond acceptors (Lipinski definition) is 3. The number of anilines is 1. The number of hydrogen-bond donors (Lipinski definition) is 2. The second kappa shape index (κ2) is 6.27. The van der Waals surface area contributed by atoms with Crippen molar-refractivity contribution in [3.05, 3.63) is 58.9 Å². The summed E-state index contributed by atoms with van der Waals surface area (Å²) in [7, 11) is 0. The molecule has 4 heteroatoms. The lowest BCUT2D eigenvalue weighted by Crippen LogP contribution is -2.11. The summed E-state index contributed by atoms with van der Waals surface area (Å²) in [6.45, 7) is 3.70. The largest absolute Gasteiger partial charge is 0.508 e. The monoisotopic (exact) mass is 284 g/mol. The summed E-state index contributed by atoms with van der Waals surface area (Å²) >= 11 is 0. The molecule has 1 unspecified atom stereocenters. The SMILES string of the molecule is CCC(Nc1cc(C#N)cc(F)c1C)c1ccc(O)cc1. The van der Waals surface area contributed by atoms with Gasteiger partial charge in [-0.15, -0.1) is 0 Å². The Morgan fingerprint density at radius 3 is 2.52 bits per heavy atom. The summed E-state index contributed by atoms with van der Waals surface area (Å²) in [5.74, 6) is -0.181. The van der Waals surface area contributed by atoms with Gasteiger partial charge in [-0.05, 0) is 43.2 Å². The third-order valence-electron chi connectivity index (χ3n) is 3.51. The smallest absolute Gasteiger partial charge is 0.129 e. The van der Waals surface area contributed by atoms with Gasteiger partial charge in [-0.25, -0.2) is 4.39 Å². The minimum Gasteiger partial charge on any atom is -0.508 e. The van der Waals surface area contributed by atoms with Gasteiger partial charge in [-0.1, -0.05) is 19.1 Å². The minimum absolute atomic E-state index is 0.0161. The summed E-state index contributed by atoms with van der Waals surface area (Å²) in [5, 5.41) is 21.6. The fourth-order valence-corrected chi connectivity index (χ4v) is 2.21. The van der Waals surface area contributed by atoms with Gasteiger partial charge in [-0.2, -0.15) is 5.26 Å². The van der Waals surface area contributed by atoms with Crippen molar-refractivity contribution >= 4 is 5.69 Å². The maximum Gasteiger partial charge on any atom is 0.129 e. The number of aromatic hydroxyl groups is 1. The van der Waals surface area contributed by atoms with Gasteiger partial charge in [0.1, 0.15) is 11.6 Å². The van der Waals surface area contributed by atoms with Gasteiger partial charge < -0.3 is 10.4 Å². The first-order valence-electron chi connectivity index (χ1n) is 6.80. The van der Waals surface area contributed by atoms with Crippen LogP contribution in [-0.2, 0) is 0 Å². The average molecular weight is 284 g/mol. The summed E-state index contributed by atoms with van der Waals surface area (Å²) in [5.41, 5.74) is 2.40. The van der Waals surface area contributed by atoms with Gasteiger partial charge in [0.25, 0.3) is 0 Å². The molecular formula is C17H17FN2O. The second-order valence-corrected chi connectivity index (χ2v) is 4.94. The van der Waals surface area contributed by atoms with E-state index in [9.17, 15) is 9.50 Å². The Hall–Kier alpha value is -2.54. The van der Waals surface area contributed by atoms with Crippen LogP contribution in [0.2, 0.25) is 0 Å². The van der Waals surface area contributed by atoms with E-state index in [1.165, 1.54) is 6.07 Å². The van der Waals surface area contributed by atoms with Crippen molar-refractivity contribution in [3.63, 3.8) is 0 Å². The molecule has 0 saturated heterocycles. The van der Waals surface area contributed by atoms with Crippen molar-refractivity contribution in [3.8, 4) is 11.8 Å². The van der Waals surface area contributed by atoms with Crippen LogP contribution in [0.4, 0.5) is 10.1 Å². The van der Waals surface area contributed by atoms with Crippen molar-refractivity contribution in [2.24, 2.45) is 0 Å². The molecule has 0 heterocycles. The molecule has 1 atom stereocenters. The van der Waals surface area contributed by atoms with Crippen molar-refractivity contribution in [1.82, 2.24) is 0 Å². The van der Waals surface area contributed by atoms with E-state index in [0.717, 1.165) is 12.0 Å². The first-order chi connectivity index (χ1) is 10.0. The normalized spacial score (nSPS) is 11.7. The van der Waals surface area contributed by atoms with E-state index in [1.807, 2.05) is 25.1 Å². The molecule has 2 N–H and O–H groups in total. The molecule has 2 aromatic carbocycles. The first-order valence-corrected chi connectivity index (χ1v) is 6.80. The van der Waals surface area contributed by atoms with Crippen LogP contribution in [-0.4, -0.2) is 5.11 Å². The summed E-state index contributed by atoms with van der Waals surface area (Å²) < 4.78 is 13.8. The third-order valence-corrected chi connectivity index (χ3v) is 3.51. The maximum atomic E-state index is 13.8. The van der Waals surface area contributed by atoms with Crippen molar-refractivity contribution in [2.45, 2.75) is 26.3 Å². The molecule has 0 aliphatic heterocycles. The Morgan fingerprint density at radius 1 is 1.29 bits per heavy atom. The number of phenols is 1. The number of nitrogens with one attached hydrogen (secondary N) is 1. The van der Waals surface area contributed by atoms with E-state index in [0.29, 0.717) is 16.8 Å². The van der Waals surface area contributed by atoms with E-state index in [2.05, 4.69) is 5.32 Å². The van der Waals surface area contributed by atoms with Crippen LogP contribution in [0, 0.1) is 24.1 Å². The molecule has 2 aromatic rings. The number of rotatable bonds is 4. The molecule has 108 valence electrons. The highest BCUT2D eigenvalue weighted by molar-refractivity contribution is 5.57. The minimum atomic E-state index is -0.392. The van der Waals surface area contributed by atoms with E-state index < -0.39 is 5.82 Å². The molecule has 0 radical (unpaired) electrons. The van der Waals surface area contributed by atoms with Crippen LogP contribution in [0.5, 0.6) is 5.75 Å². The van der Waals surface area contributed by atoms with Crippen molar-refractivity contribution < 1.29 is 9.50 Å². The van der Waals surface area contributed by atoms with E-state index in [1.54, 1.807) is 25.1 Å². The Labute approximate surface area is 123 Å². The van der Waals surface area contributed by atoms with Crippen LogP contribution < -0.4 is 5.32 Å². The maximum absolute atomic E-state index is 13.8. The van der Waals surface area contributed by atoms with E-state index in [4.69, 9.17) is 5.26 Å². The summed E-state index contributed by atoms with van der Waals surface area (Å²) in [6.07, 6.45) is 0.794. The Morgan fingerprint density at radius 2 is 1.95 bits per heavy atom. The lowest BCUT2D eigenvalue weighted by atomic mass is 10.0. The van der Waals surface area contributed by atoms with Gasteiger partial charge in [0, 0.05) is 11.3 Å². The molecule has 0 aliphatic rings. The molecule has 0 aliphatic carbocycles. The van der Waals surface area contributed by atoms with Gasteiger partial charge >= 0.3 is 0 Å². The first kappa shape index (κ1) is 14.9.